The number of hydrogen-bond acceptors (Lipinski definition) is 7. The molecule has 1 aromatic rings. The molecule has 6 N–H and O–H groups in total. The standard InChI is InChI=1S/C17H23N3O8/c18-17(6-12-4-2-1-3-5-12,20(9-15(25)26)10-16(27)28)11-19(7-13(21)22)8-14(23)24/h1-5H,6-11,18H2,(H,21,22)(H,23,24)(H,25,26)(H,27,28). The number of aliphatic carboxylic acids is 4. The highest BCUT2D eigenvalue weighted by atomic mass is 16.4. The molecule has 0 aromatic heterocycles. The Kier molecular flexibility index (Phi) is 8.51. The lowest BCUT2D eigenvalue weighted by Gasteiger charge is -2.42. The number of carbonyl (C=O) groups is 4. The monoisotopic (exact) mass is 397 g/mol. The van der Waals surface area contributed by atoms with E-state index in [1.807, 2.05) is 0 Å². The third-order valence-corrected chi connectivity index (χ3v) is 3.85. The third-order valence-electron chi connectivity index (χ3n) is 3.85. The molecule has 11 heteroatoms. The minimum absolute atomic E-state index is 0.0237. The highest BCUT2D eigenvalue weighted by Crippen LogP contribution is 2.18. The fourth-order valence-corrected chi connectivity index (χ4v) is 2.85. The second-order valence-corrected chi connectivity index (χ2v) is 6.34. The summed E-state index contributed by atoms with van der Waals surface area (Å²) in [5.74, 6) is -5.25. The smallest absolute Gasteiger partial charge is 0.317 e. The van der Waals surface area contributed by atoms with Crippen LogP contribution in [0.4, 0.5) is 0 Å². The summed E-state index contributed by atoms with van der Waals surface area (Å²) in [7, 11) is 0. The first-order valence-electron chi connectivity index (χ1n) is 8.19. The zero-order chi connectivity index (χ0) is 21.3. The lowest BCUT2D eigenvalue weighted by molar-refractivity contribution is -0.149. The molecule has 1 aromatic carbocycles. The molecule has 0 radical (unpaired) electrons. The lowest BCUT2D eigenvalue weighted by atomic mass is 9.97. The molecule has 11 nitrogen and oxygen atoms in total. The Morgan fingerprint density at radius 3 is 1.61 bits per heavy atom. The Bertz CT molecular complexity index is 680. The van der Waals surface area contributed by atoms with Gasteiger partial charge in [-0.25, -0.2) is 0 Å². The molecule has 154 valence electrons. The topological polar surface area (TPSA) is 182 Å². The Labute approximate surface area is 160 Å². The zero-order valence-electron chi connectivity index (χ0n) is 15.0. The lowest BCUT2D eigenvalue weighted by Crippen LogP contribution is -2.66. The number of carboxylic acid groups (broad SMARTS) is 4. The van der Waals surface area contributed by atoms with Gasteiger partial charge < -0.3 is 26.2 Å². The summed E-state index contributed by atoms with van der Waals surface area (Å²) >= 11 is 0. The van der Waals surface area contributed by atoms with E-state index in [9.17, 15) is 19.2 Å². The van der Waals surface area contributed by atoms with Gasteiger partial charge in [0, 0.05) is 13.0 Å². The van der Waals surface area contributed by atoms with Crippen LogP contribution in [0.1, 0.15) is 5.56 Å². The van der Waals surface area contributed by atoms with E-state index in [2.05, 4.69) is 0 Å². The van der Waals surface area contributed by atoms with E-state index in [-0.39, 0.29) is 13.0 Å². The Hall–Kier alpha value is -3.02. The molecule has 0 saturated heterocycles. The number of rotatable bonds is 13. The van der Waals surface area contributed by atoms with Crippen LogP contribution in [0.25, 0.3) is 0 Å². The minimum Gasteiger partial charge on any atom is -0.480 e. The summed E-state index contributed by atoms with van der Waals surface area (Å²) in [6.07, 6.45) is -0.0237. The maximum atomic E-state index is 11.2. The highest BCUT2D eigenvalue weighted by molar-refractivity contribution is 5.73. The molecular weight excluding hydrogens is 374 g/mol. The predicted octanol–water partition coefficient (Wildman–Crippen LogP) is -1.17. The van der Waals surface area contributed by atoms with Gasteiger partial charge in [0.2, 0.25) is 0 Å². The first-order valence-corrected chi connectivity index (χ1v) is 8.19. The summed E-state index contributed by atoms with van der Waals surface area (Å²) in [6, 6.07) is 8.55. The van der Waals surface area contributed by atoms with Crippen LogP contribution < -0.4 is 5.73 Å². The molecule has 0 bridgehead atoms. The van der Waals surface area contributed by atoms with Crippen molar-refractivity contribution in [3.63, 3.8) is 0 Å². The Morgan fingerprint density at radius 2 is 1.21 bits per heavy atom. The van der Waals surface area contributed by atoms with Crippen molar-refractivity contribution in [2.45, 2.75) is 12.1 Å². The number of nitrogens with zero attached hydrogens (tertiary/aromatic N) is 2. The molecule has 0 heterocycles. The van der Waals surface area contributed by atoms with Crippen LogP contribution in [0.15, 0.2) is 30.3 Å². The largest absolute Gasteiger partial charge is 0.480 e. The maximum Gasteiger partial charge on any atom is 0.317 e. The molecule has 0 amide bonds. The molecule has 0 aliphatic rings. The molecule has 1 rings (SSSR count). The van der Waals surface area contributed by atoms with Crippen molar-refractivity contribution in [2.24, 2.45) is 5.73 Å². The molecule has 0 aliphatic heterocycles. The Balaban J connectivity index is 3.28. The highest BCUT2D eigenvalue weighted by Gasteiger charge is 2.38. The molecule has 0 aliphatic carbocycles. The molecule has 28 heavy (non-hydrogen) atoms. The fraction of sp³-hybridized carbons (Fsp3) is 0.412. The Morgan fingerprint density at radius 1 is 0.786 bits per heavy atom. The molecule has 1 unspecified atom stereocenters. The van der Waals surface area contributed by atoms with E-state index in [1.54, 1.807) is 30.3 Å². The van der Waals surface area contributed by atoms with Crippen molar-refractivity contribution in [1.82, 2.24) is 9.80 Å². The van der Waals surface area contributed by atoms with Gasteiger partial charge in [0.05, 0.1) is 31.8 Å². The fourth-order valence-electron chi connectivity index (χ4n) is 2.85. The molecule has 0 fully saturated rings. The van der Waals surface area contributed by atoms with E-state index >= 15 is 0 Å². The van der Waals surface area contributed by atoms with Crippen LogP contribution in [0.5, 0.6) is 0 Å². The molecule has 0 spiro atoms. The third kappa shape index (κ3) is 8.12. The number of carboxylic acids is 4. The van der Waals surface area contributed by atoms with Crippen molar-refractivity contribution in [3.8, 4) is 0 Å². The second-order valence-electron chi connectivity index (χ2n) is 6.34. The van der Waals surface area contributed by atoms with Gasteiger partial charge in [-0.2, -0.15) is 0 Å². The van der Waals surface area contributed by atoms with Crippen molar-refractivity contribution in [3.05, 3.63) is 35.9 Å². The SMILES string of the molecule is NC(Cc1ccccc1)(CN(CC(=O)O)CC(=O)O)N(CC(=O)O)CC(=O)O. The van der Waals surface area contributed by atoms with Gasteiger partial charge in [-0.05, 0) is 5.56 Å². The van der Waals surface area contributed by atoms with E-state index < -0.39 is 55.7 Å². The first-order chi connectivity index (χ1) is 13.0. The summed E-state index contributed by atoms with van der Waals surface area (Å²) in [5, 5.41) is 36.4. The number of hydrogen-bond donors (Lipinski definition) is 5. The van der Waals surface area contributed by atoms with Gasteiger partial charge in [-0.3, -0.25) is 29.0 Å². The number of nitrogens with two attached hydrogens (primary N) is 1. The van der Waals surface area contributed by atoms with Crippen molar-refractivity contribution < 1.29 is 39.6 Å². The van der Waals surface area contributed by atoms with E-state index in [4.69, 9.17) is 26.2 Å². The second kappa shape index (κ2) is 10.3. The van der Waals surface area contributed by atoms with Crippen molar-refractivity contribution in [1.29, 1.82) is 0 Å². The van der Waals surface area contributed by atoms with E-state index in [0.717, 1.165) is 9.80 Å². The van der Waals surface area contributed by atoms with Crippen LogP contribution >= 0.6 is 0 Å². The van der Waals surface area contributed by atoms with Crippen LogP contribution in [-0.2, 0) is 25.6 Å². The predicted molar refractivity (Wildman–Crippen MR) is 95.6 cm³/mol. The molecule has 1 atom stereocenters. The molecule has 0 saturated carbocycles. The molecular formula is C17H23N3O8. The van der Waals surface area contributed by atoms with E-state index in [1.165, 1.54) is 0 Å². The van der Waals surface area contributed by atoms with Gasteiger partial charge in [0.25, 0.3) is 0 Å². The van der Waals surface area contributed by atoms with Gasteiger partial charge in [-0.15, -0.1) is 0 Å². The average Bonchev–Trinajstić information content (AvgIpc) is 2.52. The van der Waals surface area contributed by atoms with Crippen LogP contribution in [0.2, 0.25) is 0 Å². The van der Waals surface area contributed by atoms with E-state index in [0.29, 0.717) is 5.56 Å². The van der Waals surface area contributed by atoms with Gasteiger partial charge in [0.1, 0.15) is 0 Å². The average molecular weight is 397 g/mol. The normalized spacial score (nSPS) is 13.2. The summed E-state index contributed by atoms with van der Waals surface area (Å²) in [5.41, 5.74) is 5.39. The van der Waals surface area contributed by atoms with Gasteiger partial charge in [0.15, 0.2) is 0 Å². The minimum atomic E-state index is -1.65. The van der Waals surface area contributed by atoms with Crippen molar-refractivity contribution in [2.75, 3.05) is 32.7 Å². The quantitative estimate of drug-likeness (QED) is 0.253. The number of benzene rings is 1. The van der Waals surface area contributed by atoms with Crippen LogP contribution in [0.3, 0.4) is 0 Å². The summed E-state index contributed by atoms with van der Waals surface area (Å²) in [4.78, 5) is 46.7. The van der Waals surface area contributed by atoms with Gasteiger partial charge in [-0.1, -0.05) is 30.3 Å². The zero-order valence-corrected chi connectivity index (χ0v) is 15.0. The van der Waals surface area contributed by atoms with Crippen LogP contribution in [0, 0.1) is 0 Å². The van der Waals surface area contributed by atoms with Gasteiger partial charge >= 0.3 is 23.9 Å². The first kappa shape index (κ1) is 23.0. The maximum absolute atomic E-state index is 11.2. The summed E-state index contributed by atoms with van der Waals surface area (Å²) in [6.45, 7) is -3.13. The van der Waals surface area contributed by atoms with Crippen molar-refractivity contribution >= 4 is 23.9 Å². The van der Waals surface area contributed by atoms with Crippen LogP contribution in [-0.4, -0.2) is 92.5 Å². The summed E-state index contributed by atoms with van der Waals surface area (Å²) < 4.78 is 0.